The van der Waals surface area contributed by atoms with Gasteiger partial charge in [0.05, 0.1) is 19.3 Å². The van der Waals surface area contributed by atoms with Crippen LogP contribution in [0.1, 0.15) is 31.2 Å². The van der Waals surface area contributed by atoms with E-state index in [-0.39, 0.29) is 6.10 Å². The van der Waals surface area contributed by atoms with E-state index in [4.69, 9.17) is 4.74 Å². The quantitative estimate of drug-likeness (QED) is 0.855. The molecular formula is C16H25NO2. The van der Waals surface area contributed by atoms with Crippen LogP contribution in [0.5, 0.6) is 0 Å². The number of aliphatic hydroxyl groups excluding tert-OH is 1. The second-order valence-corrected chi connectivity index (χ2v) is 5.37. The number of nitrogens with zero attached hydrogens (tertiary/aromatic N) is 1. The van der Waals surface area contributed by atoms with Crippen molar-refractivity contribution in [1.82, 2.24) is 4.90 Å². The Morgan fingerprint density at radius 2 is 1.74 bits per heavy atom. The number of aliphatic hydroxyl groups is 1. The van der Waals surface area contributed by atoms with Crippen LogP contribution < -0.4 is 0 Å². The van der Waals surface area contributed by atoms with Crippen molar-refractivity contribution in [3.63, 3.8) is 0 Å². The summed E-state index contributed by atoms with van der Waals surface area (Å²) in [6, 6.07) is 10.1. The first-order valence-corrected chi connectivity index (χ1v) is 7.36. The molecule has 1 saturated heterocycles. The molecule has 1 fully saturated rings. The molecule has 19 heavy (non-hydrogen) atoms. The highest BCUT2D eigenvalue weighted by atomic mass is 16.5. The summed E-state index contributed by atoms with van der Waals surface area (Å²) >= 11 is 0. The summed E-state index contributed by atoms with van der Waals surface area (Å²) in [5.41, 5.74) is 1.16. The zero-order valence-corrected chi connectivity index (χ0v) is 11.6. The van der Waals surface area contributed by atoms with E-state index in [2.05, 4.69) is 4.90 Å². The zero-order chi connectivity index (χ0) is 13.3. The van der Waals surface area contributed by atoms with Crippen molar-refractivity contribution in [2.45, 2.75) is 38.4 Å². The fourth-order valence-electron chi connectivity index (χ4n) is 2.56. The summed E-state index contributed by atoms with van der Waals surface area (Å²) in [5.74, 6) is 0. The van der Waals surface area contributed by atoms with Gasteiger partial charge in [-0.3, -0.25) is 0 Å². The Labute approximate surface area is 116 Å². The lowest BCUT2D eigenvalue weighted by molar-refractivity contribution is 0.0104. The normalized spacial score (nSPS) is 19.0. The van der Waals surface area contributed by atoms with Crippen molar-refractivity contribution in [2.75, 3.05) is 26.2 Å². The number of β-amino-alcohol motifs (C(OH)–C–C–N with tert-alkyl or cyclic N) is 1. The molecule has 1 heterocycles. The Hall–Kier alpha value is -0.900. The molecule has 1 aromatic rings. The van der Waals surface area contributed by atoms with Gasteiger partial charge in [-0.05, 0) is 31.5 Å². The molecule has 0 radical (unpaired) electrons. The molecule has 106 valence electrons. The van der Waals surface area contributed by atoms with Gasteiger partial charge >= 0.3 is 0 Å². The number of hydrogen-bond donors (Lipinski definition) is 1. The average molecular weight is 263 g/mol. The highest BCUT2D eigenvalue weighted by molar-refractivity contribution is 5.13. The molecule has 1 aromatic carbocycles. The Kier molecular flexibility index (Phi) is 6.34. The van der Waals surface area contributed by atoms with Gasteiger partial charge in [-0.1, -0.05) is 43.2 Å². The smallest absolute Gasteiger partial charge is 0.0900 e. The van der Waals surface area contributed by atoms with Crippen LogP contribution >= 0.6 is 0 Å². The predicted molar refractivity (Wildman–Crippen MR) is 77.0 cm³/mol. The van der Waals surface area contributed by atoms with Crippen molar-refractivity contribution < 1.29 is 9.84 Å². The van der Waals surface area contributed by atoms with Gasteiger partial charge in [0.2, 0.25) is 0 Å². The van der Waals surface area contributed by atoms with Gasteiger partial charge in [0.1, 0.15) is 0 Å². The number of hydrogen-bond acceptors (Lipinski definition) is 3. The Bertz CT molecular complexity index is 334. The molecule has 0 bridgehead atoms. The van der Waals surface area contributed by atoms with Crippen LogP contribution in [0, 0.1) is 0 Å². The third kappa shape index (κ3) is 5.72. The monoisotopic (exact) mass is 263 g/mol. The Morgan fingerprint density at radius 3 is 2.42 bits per heavy atom. The van der Waals surface area contributed by atoms with E-state index in [1.165, 1.54) is 25.7 Å². The first-order chi connectivity index (χ1) is 9.34. The lowest BCUT2D eigenvalue weighted by Gasteiger charge is -2.23. The molecule has 0 saturated carbocycles. The van der Waals surface area contributed by atoms with E-state index >= 15 is 0 Å². The standard InChI is InChI=1S/C16H25NO2/c18-16(12-17-10-6-1-2-7-11-17)14-19-13-15-8-4-3-5-9-15/h3-5,8-9,16,18H,1-2,6-7,10-14H2/t16-/m0/s1. The van der Waals surface area contributed by atoms with Gasteiger partial charge in [0.15, 0.2) is 0 Å². The first-order valence-electron chi connectivity index (χ1n) is 7.36. The van der Waals surface area contributed by atoms with Crippen molar-refractivity contribution in [2.24, 2.45) is 0 Å². The van der Waals surface area contributed by atoms with E-state index in [9.17, 15) is 5.11 Å². The van der Waals surface area contributed by atoms with Crippen LogP contribution in [0.4, 0.5) is 0 Å². The summed E-state index contributed by atoms with van der Waals surface area (Å²) in [6.45, 7) is 3.99. The summed E-state index contributed by atoms with van der Waals surface area (Å²) in [4.78, 5) is 2.36. The second kappa shape index (κ2) is 8.31. The average Bonchev–Trinajstić information content (AvgIpc) is 2.68. The number of likely N-dealkylation sites (tertiary alicyclic amines) is 1. The number of ether oxygens (including phenoxy) is 1. The molecule has 0 aliphatic carbocycles. The van der Waals surface area contributed by atoms with Crippen LogP contribution in [0.2, 0.25) is 0 Å². The minimum Gasteiger partial charge on any atom is -0.389 e. The molecule has 0 aromatic heterocycles. The highest BCUT2D eigenvalue weighted by Gasteiger charge is 2.13. The minimum absolute atomic E-state index is 0.373. The molecule has 1 aliphatic heterocycles. The molecule has 1 N–H and O–H groups in total. The maximum absolute atomic E-state index is 10.0. The van der Waals surface area contributed by atoms with Crippen LogP contribution in [0.3, 0.4) is 0 Å². The van der Waals surface area contributed by atoms with E-state index in [1.807, 2.05) is 30.3 Å². The van der Waals surface area contributed by atoms with Crippen molar-refractivity contribution in [3.05, 3.63) is 35.9 Å². The molecular weight excluding hydrogens is 238 g/mol. The maximum atomic E-state index is 10.0. The van der Waals surface area contributed by atoms with Crippen molar-refractivity contribution in [3.8, 4) is 0 Å². The number of benzene rings is 1. The van der Waals surface area contributed by atoms with Crippen LogP contribution in [0.15, 0.2) is 30.3 Å². The topological polar surface area (TPSA) is 32.7 Å². The van der Waals surface area contributed by atoms with E-state index in [0.717, 1.165) is 25.2 Å². The van der Waals surface area contributed by atoms with E-state index in [1.54, 1.807) is 0 Å². The Morgan fingerprint density at radius 1 is 1.05 bits per heavy atom. The SMILES string of the molecule is O[C@H](COCc1ccccc1)CN1CCCCCC1. The Balaban J connectivity index is 1.62. The second-order valence-electron chi connectivity index (χ2n) is 5.37. The fraction of sp³-hybridized carbons (Fsp3) is 0.625. The highest BCUT2D eigenvalue weighted by Crippen LogP contribution is 2.10. The summed E-state index contributed by atoms with van der Waals surface area (Å²) in [6.07, 6.45) is 4.81. The largest absolute Gasteiger partial charge is 0.389 e. The molecule has 0 amide bonds. The molecule has 0 unspecified atom stereocenters. The van der Waals surface area contributed by atoms with Gasteiger partial charge in [0.25, 0.3) is 0 Å². The van der Waals surface area contributed by atoms with Crippen LogP contribution in [0.25, 0.3) is 0 Å². The third-order valence-corrected chi connectivity index (χ3v) is 3.59. The van der Waals surface area contributed by atoms with Crippen molar-refractivity contribution in [1.29, 1.82) is 0 Å². The third-order valence-electron chi connectivity index (χ3n) is 3.59. The first kappa shape index (κ1) is 14.5. The molecule has 3 heteroatoms. The zero-order valence-electron chi connectivity index (χ0n) is 11.6. The van der Waals surface area contributed by atoms with Gasteiger partial charge in [-0.15, -0.1) is 0 Å². The van der Waals surface area contributed by atoms with E-state index in [0.29, 0.717) is 13.2 Å². The molecule has 2 rings (SSSR count). The van der Waals surface area contributed by atoms with Gasteiger partial charge in [-0.2, -0.15) is 0 Å². The molecule has 3 nitrogen and oxygen atoms in total. The van der Waals surface area contributed by atoms with Crippen LogP contribution in [-0.4, -0.2) is 42.4 Å². The maximum Gasteiger partial charge on any atom is 0.0900 e. The van der Waals surface area contributed by atoms with Gasteiger partial charge < -0.3 is 14.7 Å². The number of rotatable bonds is 6. The van der Waals surface area contributed by atoms with Crippen LogP contribution in [-0.2, 0) is 11.3 Å². The van der Waals surface area contributed by atoms with E-state index < -0.39 is 0 Å². The van der Waals surface area contributed by atoms with Crippen molar-refractivity contribution >= 4 is 0 Å². The minimum atomic E-state index is -0.373. The lowest BCUT2D eigenvalue weighted by atomic mass is 10.2. The fourth-order valence-corrected chi connectivity index (χ4v) is 2.56. The lowest BCUT2D eigenvalue weighted by Crippen LogP contribution is -2.35. The van der Waals surface area contributed by atoms with Gasteiger partial charge in [-0.25, -0.2) is 0 Å². The summed E-state index contributed by atoms with van der Waals surface area (Å²) in [7, 11) is 0. The molecule has 1 atom stereocenters. The summed E-state index contributed by atoms with van der Waals surface area (Å²) in [5, 5.41) is 10.0. The molecule has 1 aliphatic rings. The summed E-state index contributed by atoms with van der Waals surface area (Å²) < 4.78 is 5.58. The predicted octanol–water partition coefficient (Wildman–Crippen LogP) is 2.44. The van der Waals surface area contributed by atoms with Gasteiger partial charge in [0, 0.05) is 6.54 Å². The molecule has 0 spiro atoms.